The molecule has 0 aliphatic heterocycles. The zero-order chi connectivity index (χ0) is 16.3. The first-order chi connectivity index (χ1) is 10.4. The van der Waals surface area contributed by atoms with Gasteiger partial charge in [0.15, 0.2) is 5.69 Å². The second kappa shape index (κ2) is 6.38. The van der Waals surface area contributed by atoms with E-state index < -0.39 is 5.97 Å². The zero-order valence-electron chi connectivity index (χ0n) is 13.0. The van der Waals surface area contributed by atoms with Gasteiger partial charge in [-0.15, -0.1) is 5.10 Å². The lowest BCUT2D eigenvalue weighted by molar-refractivity contribution is -0.114. The average Bonchev–Trinajstić information content (AvgIpc) is 2.91. The monoisotopic (exact) mass is 302 g/mol. The minimum atomic E-state index is -0.557. The molecule has 1 aromatic carbocycles. The number of aromatic amines is 1. The number of hydrogen-bond acceptors (Lipinski definition) is 5. The summed E-state index contributed by atoms with van der Waals surface area (Å²) in [4.78, 5) is 23.4. The van der Waals surface area contributed by atoms with Crippen molar-refractivity contribution in [3.63, 3.8) is 0 Å². The molecule has 0 aliphatic rings. The van der Waals surface area contributed by atoms with Crippen molar-refractivity contribution in [1.82, 2.24) is 15.4 Å². The van der Waals surface area contributed by atoms with Crippen LogP contribution in [0.25, 0.3) is 11.3 Å². The number of rotatable bonds is 4. The number of nitrogens with zero attached hydrogens (tertiary/aromatic N) is 2. The number of nitrogens with one attached hydrogen (secondary N) is 2. The standard InChI is InChI=1S/C15H18N4O3/c1-5-22-15(21)14-13(17-19-18-14)11-6-8(2)9(3)7-12(11)16-10(4)20/h6-7H,5H2,1-4H3,(H,16,20)(H,17,18,19). The van der Waals surface area contributed by atoms with Crippen molar-refractivity contribution in [2.24, 2.45) is 0 Å². The maximum absolute atomic E-state index is 12.0. The average molecular weight is 302 g/mol. The molecule has 7 heteroatoms. The lowest BCUT2D eigenvalue weighted by Gasteiger charge is -2.12. The molecule has 116 valence electrons. The van der Waals surface area contributed by atoms with E-state index >= 15 is 0 Å². The van der Waals surface area contributed by atoms with Crippen LogP contribution in [0.1, 0.15) is 35.5 Å². The summed E-state index contributed by atoms with van der Waals surface area (Å²) in [6.07, 6.45) is 0. The number of amides is 1. The van der Waals surface area contributed by atoms with Crippen LogP contribution in [0, 0.1) is 13.8 Å². The minimum absolute atomic E-state index is 0.0942. The van der Waals surface area contributed by atoms with Crippen molar-refractivity contribution in [1.29, 1.82) is 0 Å². The van der Waals surface area contributed by atoms with Crippen LogP contribution in [0.5, 0.6) is 0 Å². The number of ether oxygens (including phenoxy) is 1. The first-order valence-electron chi connectivity index (χ1n) is 6.91. The number of benzene rings is 1. The van der Waals surface area contributed by atoms with Gasteiger partial charge in [-0.2, -0.15) is 10.3 Å². The Morgan fingerprint density at radius 3 is 2.55 bits per heavy atom. The third kappa shape index (κ3) is 3.13. The molecule has 0 spiro atoms. The quantitative estimate of drug-likeness (QED) is 0.844. The minimum Gasteiger partial charge on any atom is -0.461 e. The number of esters is 1. The molecule has 7 nitrogen and oxygen atoms in total. The van der Waals surface area contributed by atoms with Gasteiger partial charge in [0, 0.05) is 12.5 Å². The summed E-state index contributed by atoms with van der Waals surface area (Å²) in [5.41, 5.74) is 3.68. The SMILES string of the molecule is CCOC(=O)c1n[nH]nc1-c1cc(C)c(C)cc1NC(C)=O. The number of carbonyl (C=O) groups is 2. The van der Waals surface area contributed by atoms with Gasteiger partial charge in [0.2, 0.25) is 5.91 Å². The van der Waals surface area contributed by atoms with Gasteiger partial charge in [0.1, 0.15) is 5.69 Å². The molecule has 22 heavy (non-hydrogen) atoms. The van der Waals surface area contributed by atoms with E-state index in [2.05, 4.69) is 20.7 Å². The number of anilines is 1. The van der Waals surface area contributed by atoms with Crippen LogP contribution in [0.4, 0.5) is 5.69 Å². The molecule has 2 rings (SSSR count). The summed E-state index contributed by atoms with van der Waals surface area (Å²) in [5, 5.41) is 13.1. The Labute approximate surface area is 128 Å². The first-order valence-corrected chi connectivity index (χ1v) is 6.91. The van der Waals surface area contributed by atoms with Crippen molar-refractivity contribution in [3.8, 4) is 11.3 Å². The molecule has 0 radical (unpaired) electrons. The highest BCUT2D eigenvalue weighted by Crippen LogP contribution is 2.31. The van der Waals surface area contributed by atoms with E-state index in [1.54, 1.807) is 6.92 Å². The number of aryl methyl sites for hydroxylation is 2. The summed E-state index contributed by atoms with van der Waals surface area (Å²) >= 11 is 0. The Balaban J connectivity index is 2.57. The third-order valence-electron chi connectivity index (χ3n) is 3.22. The van der Waals surface area contributed by atoms with Gasteiger partial charge in [0.25, 0.3) is 0 Å². The molecule has 1 amide bonds. The molecule has 1 heterocycles. The Morgan fingerprint density at radius 2 is 1.91 bits per heavy atom. The molecule has 0 bridgehead atoms. The zero-order valence-corrected chi connectivity index (χ0v) is 13.0. The lowest BCUT2D eigenvalue weighted by atomic mass is 10.0. The van der Waals surface area contributed by atoms with Crippen LogP contribution in [-0.2, 0) is 9.53 Å². The number of hydrogen-bond donors (Lipinski definition) is 2. The third-order valence-corrected chi connectivity index (χ3v) is 3.22. The van der Waals surface area contributed by atoms with Gasteiger partial charge >= 0.3 is 5.97 Å². The summed E-state index contributed by atoms with van der Waals surface area (Å²) in [7, 11) is 0. The van der Waals surface area contributed by atoms with Gasteiger partial charge in [-0.3, -0.25) is 4.79 Å². The van der Waals surface area contributed by atoms with Crippen LogP contribution in [-0.4, -0.2) is 33.9 Å². The van der Waals surface area contributed by atoms with E-state index in [0.29, 0.717) is 16.9 Å². The predicted octanol–water partition coefficient (Wildman–Crippen LogP) is 2.22. The van der Waals surface area contributed by atoms with Gasteiger partial charge in [-0.1, -0.05) is 0 Å². The number of H-pyrrole nitrogens is 1. The number of carbonyl (C=O) groups excluding carboxylic acids is 2. The normalized spacial score (nSPS) is 10.4. The van der Waals surface area contributed by atoms with Crippen molar-refractivity contribution in [2.75, 3.05) is 11.9 Å². The van der Waals surface area contributed by atoms with Crippen LogP contribution in [0.2, 0.25) is 0 Å². The van der Waals surface area contributed by atoms with E-state index in [0.717, 1.165) is 11.1 Å². The van der Waals surface area contributed by atoms with Crippen LogP contribution >= 0.6 is 0 Å². The summed E-state index contributed by atoms with van der Waals surface area (Å²) in [5.74, 6) is -0.760. The summed E-state index contributed by atoms with van der Waals surface area (Å²) < 4.78 is 4.97. The second-order valence-electron chi connectivity index (χ2n) is 4.90. The van der Waals surface area contributed by atoms with Gasteiger partial charge < -0.3 is 10.1 Å². The smallest absolute Gasteiger partial charge is 0.361 e. The molecule has 0 aliphatic carbocycles. The molecular weight excluding hydrogens is 284 g/mol. The Kier molecular flexibility index (Phi) is 4.55. The fraction of sp³-hybridized carbons (Fsp3) is 0.333. The fourth-order valence-electron chi connectivity index (χ4n) is 2.07. The van der Waals surface area contributed by atoms with Gasteiger partial charge in [0.05, 0.1) is 12.3 Å². The number of aromatic nitrogens is 3. The molecule has 0 atom stereocenters. The molecule has 1 aromatic heterocycles. The molecule has 2 aromatic rings. The highest BCUT2D eigenvalue weighted by Gasteiger charge is 2.22. The summed E-state index contributed by atoms with van der Waals surface area (Å²) in [6.45, 7) is 7.28. The van der Waals surface area contributed by atoms with Crippen LogP contribution in [0.3, 0.4) is 0 Å². The van der Waals surface area contributed by atoms with Crippen molar-refractivity contribution < 1.29 is 14.3 Å². The van der Waals surface area contributed by atoms with E-state index in [1.807, 2.05) is 26.0 Å². The van der Waals surface area contributed by atoms with Crippen molar-refractivity contribution in [3.05, 3.63) is 29.0 Å². The molecule has 0 saturated heterocycles. The fourth-order valence-corrected chi connectivity index (χ4v) is 2.07. The predicted molar refractivity (Wildman–Crippen MR) is 81.6 cm³/mol. The molecular formula is C15H18N4O3. The van der Waals surface area contributed by atoms with Crippen LogP contribution in [0.15, 0.2) is 12.1 Å². The van der Waals surface area contributed by atoms with E-state index in [9.17, 15) is 9.59 Å². The summed E-state index contributed by atoms with van der Waals surface area (Å²) in [6, 6.07) is 3.71. The molecule has 0 fully saturated rings. The Morgan fingerprint density at radius 1 is 1.23 bits per heavy atom. The lowest BCUT2D eigenvalue weighted by Crippen LogP contribution is -2.10. The molecule has 0 unspecified atom stereocenters. The van der Waals surface area contributed by atoms with Gasteiger partial charge in [-0.05, 0) is 44.0 Å². The highest BCUT2D eigenvalue weighted by atomic mass is 16.5. The molecule has 0 saturated carbocycles. The maximum Gasteiger partial charge on any atom is 0.361 e. The maximum atomic E-state index is 12.0. The van der Waals surface area contributed by atoms with Crippen molar-refractivity contribution in [2.45, 2.75) is 27.7 Å². The van der Waals surface area contributed by atoms with Gasteiger partial charge in [-0.25, -0.2) is 4.79 Å². The molecule has 2 N–H and O–H groups in total. The van der Waals surface area contributed by atoms with E-state index in [1.165, 1.54) is 6.92 Å². The van der Waals surface area contributed by atoms with E-state index in [4.69, 9.17) is 4.74 Å². The first kappa shape index (κ1) is 15.7. The largest absolute Gasteiger partial charge is 0.461 e. The highest BCUT2D eigenvalue weighted by molar-refractivity contribution is 5.99. The topological polar surface area (TPSA) is 97.0 Å². The second-order valence-corrected chi connectivity index (χ2v) is 4.90. The Bertz CT molecular complexity index is 722. The Hall–Kier alpha value is -2.70. The van der Waals surface area contributed by atoms with E-state index in [-0.39, 0.29) is 18.2 Å². The van der Waals surface area contributed by atoms with Crippen molar-refractivity contribution >= 4 is 17.6 Å². The van der Waals surface area contributed by atoms with Crippen LogP contribution < -0.4 is 5.32 Å².